The van der Waals surface area contributed by atoms with Gasteiger partial charge in [0.2, 0.25) is 35.4 Å². The van der Waals surface area contributed by atoms with Gasteiger partial charge in [-0.15, -0.1) is 0 Å². The molecule has 572 valence electrons. The summed E-state index contributed by atoms with van der Waals surface area (Å²) in [5.74, 6) is -3.02. The Morgan fingerprint density at radius 2 is 0.952 bits per heavy atom. The third-order valence-electron chi connectivity index (χ3n) is 19.4. The third-order valence-corrected chi connectivity index (χ3v) is 21.6. The monoisotopic (exact) mass is 1490 g/mol. The number of alkyl carbamates (subject to hydrolysis) is 1. The molecule has 6 fully saturated rings. The zero-order valence-electron chi connectivity index (χ0n) is 62.7. The summed E-state index contributed by atoms with van der Waals surface area (Å²) in [5, 5.41) is 17.0. The van der Waals surface area contributed by atoms with Gasteiger partial charge in [0.15, 0.2) is 0 Å². The average molecular weight is 1490 g/mol. The van der Waals surface area contributed by atoms with Crippen LogP contribution in [0.3, 0.4) is 0 Å². The van der Waals surface area contributed by atoms with Gasteiger partial charge in [-0.1, -0.05) is 68.2 Å². The Morgan fingerprint density at radius 3 is 1.28 bits per heavy atom. The molecule has 0 radical (unpaired) electrons. The molecule has 10 rings (SSSR count). The van der Waals surface area contributed by atoms with Crippen LogP contribution in [0.2, 0.25) is 0 Å². The Bertz CT molecular complexity index is 3930. The molecule has 2 aliphatic heterocycles. The summed E-state index contributed by atoms with van der Waals surface area (Å²) in [7, 11) is -5.76. The average Bonchev–Trinajstić information content (AvgIpc) is 1.58. The second-order valence-corrected chi connectivity index (χ2v) is 35.4. The number of urea groups is 1. The van der Waals surface area contributed by atoms with Crippen LogP contribution in [0, 0.1) is 22.7 Å². The molecule has 104 heavy (non-hydrogen) atoms. The number of rotatable bonds is 24. The van der Waals surface area contributed by atoms with Crippen LogP contribution in [-0.2, 0) is 62.5 Å². The molecule has 4 aromatic rings. The minimum Gasteiger partial charge on any atom is -0.497 e. The Labute approximate surface area is 608 Å². The van der Waals surface area contributed by atoms with E-state index in [0.717, 1.165) is 10.8 Å². The molecule has 0 spiro atoms. The lowest BCUT2D eigenvalue weighted by molar-refractivity contribution is -0.143. The highest BCUT2D eigenvalue weighted by atomic mass is 32.2. The Kier molecular flexibility index (Phi) is 22.6. The highest BCUT2D eigenvalue weighted by molar-refractivity contribution is 7.85. The van der Waals surface area contributed by atoms with Crippen LogP contribution < -0.4 is 55.0 Å². The molecule has 0 unspecified atom stereocenters. The topological polar surface area (TPSA) is 386 Å². The summed E-state index contributed by atoms with van der Waals surface area (Å²) in [5.41, 5.74) is -7.78. The van der Waals surface area contributed by atoms with Gasteiger partial charge in [-0.25, -0.2) is 37.4 Å². The largest absolute Gasteiger partial charge is 0.497 e. The fourth-order valence-corrected chi connectivity index (χ4v) is 15.3. The van der Waals surface area contributed by atoms with E-state index in [9.17, 15) is 55.2 Å². The van der Waals surface area contributed by atoms with Crippen molar-refractivity contribution in [2.75, 3.05) is 27.3 Å². The second kappa shape index (κ2) is 29.5. The molecule has 4 aliphatic carbocycles. The molecule has 10 atom stereocenters. The van der Waals surface area contributed by atoms with E-state index in [1.165, 1.54) is 9.80 Å². The van der Waals surface area contributed by atoms with Gasteiger partial charge < -0.3 is 60.1 Å². The van der Waals surface area contributed by atoms with Crippen molar-refractivity contribution < 1.29 is 87.2 Å². The van der Waals surface area contributed by atoms with E-state index < -0.39 is 149 Å². The number of pyridine rings is 2. The molecule has 4 saturated carbocycles. The van der Waals surface area contributed by atoms with E-state index in [1.807, 2.05) is 74.4 Å². The standard InChI is InChI=1S/C36H52N6O9S.C36H51N5O10S/c1-10-22-19-36(22,31(45)41-52(47,48)51-35(8)14-15-35)39-28(43)26-18-24(50-29-25-12-11-23(49-9)17-21(25)13-16-37-29)20-42(26)30(44)27(33(2,3)4)38-32(46)40-34(5,6)7;1-10-22-19-36(22,31(44)40-52(46,47)51-35(8)14-15-35)39-28(42)26-18-24(49-29-25-12-11-23(48-9)17-21(25)13-16-37-29)20-41(26)30(43)27(33(2,3)4)38-32(45)50-34(5,6)7/h11-13,16-17,22,24,26-27H,10,14-15,18-20H2,1-9H3,(H,39,43)(H,41,45)(H2,38,40,46);11-13,16-17,22,24,26-27H,10,14-15,18-20H2,1-9H3,(H,38,45)(H,39,42)(H,40,44)/t2*22-,24-,26+,27-,36-/m11/s1. The van der Waals surface area contributed by atoms with Crippen molar-refractivity contribution in [2.24, 2.45) is 22.7 Å². The summed E-state index contributed by atoms with van der Waals surface area (Å²) >= 11 is 0. The smallest absolute Gasteiger partial charge is 0.408 e. The molecule has 2 aromatic heterocycles. The van der Waals surface area contributed by atoms with Crippen molar-refractivity contribution >= 4 is 89.7 Å². The van der Waals surface area contributed by atoms with Crippen molar-refractivity contribution in [2.45, 2.75) is 245 Å². The maximum atomic E-state index is 14.5. The number of ether oxygens (including phenoxy) is 5. The Balaban J connectivity index is 0.000000241. The van der Waals surface area contributed by atoms with Gasteiger partial charge in [0.1, 0.15) is 64.6 Å². The number of hydrogen-bond acceptors (Lipinski definition) is 21. The van der Waals surface area contributed by atoms with Crippen LogP contribution in [0.1, 0.15) is 175 Å². The number of hydrogen-bond donors (Lipinski definition) is 7. The Morgan fingerprint density at radius 1 is 0.567 bits per heavy atom. The summed E-state index contributed by atoms with van der Waals surface area (Å²) in [6, 6.07) is 9.46. The predicted molar refractivity (Wildman–Crippen MR) is 383 cm³/mol. The van der Waals surface area contributed by atoms with Crippen LogP contribution in [0.25, 0.3) is 21.5 Å². The van der Waals surface area contributed by atoms with Crippen LogP contribution in [0.4, 0.5) is 9.59 Å². The van der Waals surface area contributed by atoms with E-state index in [2.05, 4.69) is 36.6 Å². The van der Waals surface area contributed by atoms with E-state index >= 15 is 0 Å². The molecular formula is C72H103N11O19S2. The van der Waals surface area contributed by atoms with Crippen molar-refractivity contribution in [1.82, 2.24) is 55.8 Å². The molecule has 2 aromatic carbocycles. The van der Waals surface area contributed by atoms with Gasteiger partial charge in [0, 0.05) is 41.5 Å². The molecule has 0 bridgehead atoms. The number of aromatic nitrogens is 2. The Hall–Kier alpha value is -8.36. The number of fused-ring (bicyclic) bond motifs is 2. The quantitative estimate of drug-likeness (QED) is 0.0369. The van der Waals surface area contributed by atoms with Crippen LogP contribution in [0.5, 0.6) is 23.3 Å². The lowest BCUT2D eigenvalue weighted by Gasteiger charge is -2.36. The second-order valence-electron chi connectivity index (χ2n) is 32.8. The first-order chi connectivity index (χ1) is 48.2. The van der Waals surface area contributed by atoms with Crippen molar-refractivity contribution in [3.8, 4) is 23.3 Å². The zero-order valence-corrected chi connectivity index (χ0v) is 64.4. The van der Waals surface area contributed by atoms with Crippen LogP contribution in [0.15, 0.2) is 60.9 Å². The van der Waals surface area contributed by atoms with E-state index in [4.69, 9.17) is 32.1 Å². The normalized spacial score (nSPS) is 24.4. The number of nitrogens with zero attached hydrogens (tertiary/aromatic N) is 4. The lowest BCUT2D eigenvalue weighted by atomic mass is 9.85. The molecular weight excluding hydrogens is 1390 g/mol. The van der Waals surface area contributed by atoms with Gasteiger partial charge in [-0.05, 0) is 176 Å². The third kappa shape index (κ3) is 19.4. The predicted octanol–water partition coefficient (Wildman–Crippen LogP) is 7.07. The summed E-state index contributed by atoms with van der Waals surface area (Å²) < 4.78 is 94.3. The van der Waals surface area contributed by atoms with Gasteiger partial charge in [0.05, 0.1) is 38.5 Å². The lowest BCUT2D eigenvalue weighted by Crippen LogP contribution is -2.61. The molecule has 9 amide bonds. The summed E-state index contributed by atoms with van der Waals surface area (Å²) in [6.07, 6.45) is 4.53. The summed E-state index contributed by atoms with van der Waals surface area (Å²) in [4.78, 5) is 122. The molecule has 4 heterocycles. The van der Waals surface area contributed by atoms with E-state index in [0.29, 0.717) is 66.7 Å². The molecule has 7 N–H and O–H groups in total. The molecule has 2 saturated heterocycles. The maximum absolute atomic E-state index is 14.5. The first-order valence-electron chi connectivity index (χ1n) is 35.2. The number of benzene rings is 2. The number of carbonyl (C=O) groups is 8. The van der Waals surface area contributed by atoms with Crippen molar-refractivity contribution in [3.05, 3.63) is 60.9 Å². The zero-order chi connectivity index (χ0) is 76.9. The number of likely N-dealkylation sites (tertiary alicyclic amines) is 2. The van der Waals surface area contributed by atoms with Gasteiger partial charge >= 0.3 is 32.7 Å². The maximum Gasteiger partial charge on any atom is 0.408 e. The summed E-state index contributed by atoms with van der Waals surface area (Å²) in [6.45, 7) is 28.2. The SMILES string of the molecule is CC[C@@H]1C[C@]1(NC(=O)[C@@H]1C[C@@H](Oc2nccc3cc(OC)ccc23)CN1C(=O)[C@@H](NC(=O)NC(C)(C)C)C(C)(C)C)C(=O)NS(=O)(=O)OC1(C)CC1.CC[C@@H]1C[C@]1(NC(=O)[C@@H]1C[C@@H](Oc2nccc3cc(OC)ccc23)CN1C(=O)[C@@H](NC(=O)OC(C)(C)C)C(C)(C)C)C(=O)NS(=O)(=O)OC1(C)CC1. The minimum atomic E-state index is -4.45. The van der Waals surface area contributed by atoms with Gasteiger partial charge in [0.25, 0.3) is 11.8 Å². The molecule has 30 nitrogen and oxygen atoms in total. The van der Waals surface area contributed by atoms with Gasteiger partial charge in [-0.2, -0.15) is 16.8 Å². The fraction of sp³-hybridized carbons (Fsp3) is 0.639. The van der Waals surface area contributed by atoms with E-state index in [1.54, 1.807) is 121 Å². The number of amides is 9. The van der Waals surface area contributed by atoms with Crippen LogP contribution in [-0.4, -0.2) is 181 Å². The van der Waals surface area contributed by atoms with E-state index in [-0.39, 0.29) is 56.5 Å². The highest BCUT2D eigenvalue weighted by Crippen LogP contribution is 2.49. The van der Waals surface area contributed by atoms with Crippen molar-refractivity contribution in [3.63, 3.8) is 0 Å². The number of methoxy groups -OCH3 is 2. The molecule has 32 heteroatoms. The highest BCUT2D eigenvalue weighted by Gasteiger charge is 2.64. The number of carbonyl (C=O) groups excluding carboxylic acids is 8. The fourth-order valence-electron chi connectivity index (χ4n) is 13.1. The van der Waals surface area contributed by atoms with Crippen LogP contribution >= 0.6 is 0 Å². The van der Waals surface area contributed by atoms with Crippen molar-refractivity contribution in [1.29, 1.82) is 0 Å². The first-order valence-corrected chi connectivity index (χ1v) is 38.1. The van der Waals surface area contributed by atoms with Gasteiger partial charge in [-0.3, -0.25) is 28.8 Å². The molecule has 6 aliphatic rings. The minimum absolute atomic E-state index is 0.0172. The first kappa shape index (κ1) is 79.8. The number of nitrogens with one attached hydrogen (secondary N) is 7.